The number of benzene rings is 2. The number of non-ortho nitro benzene ring substituents is 1. The highest BCUT2D eigenvalue weighted by Gasteiger charge is 2.02. The zero-order valence-electron chi connectivity index (χ0n) is 8.85. The van der Waals surface area contributed by atoms with Gasteiger partial charge >= 0.3 is 0 Å². The molecule has 0 aliphatic rings. The monoisotopic (exact) mass is 227 g/mol. The maximum Gasteiger partial charge on any atom is 0.269 e. The maximum atomic E-state index is 10.4. The highest BCUT2D eigenvalue weighted by molar-refractivity contribution is 5.44. The molecule has 0 saturated heterocycles. The number of nitro benzene ring substituents is 1. The van der Waals surface area contributed by atoms with Gasteiger partial charge in [0.25, 0.3) is 5.69 Å². The molecule has 0 spiro atoms. The van der Waals surface area contributed by atoms with E-state index < -0.39 is 4.92 Å². The summed E-state index contributed by atoms with van der Waals surface area (Å²) in [6, 6.07) is 15.2. The first-order chi connectivity index (χ1) is 8.25. The van der Waals surface area contributed by atoms with E-state index in [9.17, 15) is 10.1 Å². The number of azo groups is 1. The van der Waals surface area contributed by atoms with Gasteiger partial charge in [-0.25, -0.2) is 0 Å². The third-order valence-corrected chi connectivity index (χ3v) is 2.10. The molecule has 0 N–H and O–H groups in total. The van der Waals surface area contributed by atoms with Crippen molar-refractivity contribution in [1.82, 2.24) is 0 Å². The van der Waals surface area contributed by atoms with Crippen LogP contribution in [-0.2, 0) is 0 Å². The number of nitro groups is 1. The smallest absolute Gasteiger partial charge is 0.258 e. The average Bonchev–Trinajstić information content (AvgIpc) is 2.38. The van der Waals surface area contributed by atoms with Crippen LogP contribution in [0.4, 0.5) is 17.1 Å². The standard InChI is InChI=1S/C12H9N3O2/c16-15(17)12-8-6-11(7-9-12)14-13-10-4-2-1-3-5-10/h1-9H/b14-13+. The molecular weight excluding hydrogens is 218 g/mol. The van der Waals surface area contributed by atoms with E-state index in [1.54, 1.807) is 12.1 Å². The first kappa shape index (κ1) is 10.9. The molecule has 5 nitrogen and oxygen atoms in total. The summed E-state index contributed by atoms with van der Waals surface area (Å²) < 4.78 is 0. The molecule has 5 heteroatoms. The Morgan fingerprint density at radius 1 is 0.824 bits per heavy atom. The van der Waals surface area contributed by atoms with Crippen LogP contribution in [0, 0.1) is 10.1 Å². The molecule has 0 aliphatic carbocycles. The average molecular weight is 227 g/mol. The quantitative estimate of drug-likeness (QED) is 0.451. The van der Waals surface area contributed by atoms with Crippen molar-refractivity contribution in [2.45, 2.75) is 0 Å². The summed E-state index contributed by atoms with van der Waals surface area (Å²) in [5.41, 5.74) is 1.37. The van der Waals surface area contributed by atoms with E-state index in [4.69, 9.17) is 0 Å². The SMILES string of the molecule is O=[N+]([O-])c1ccc(/N=N/c2ccccc2)cc1. The molecular formula is C12H9N3O2. The van der Waals surface area contributed by atoms with Crippen LogP contribution in [0.25, 0.3) is 0 Å². The van der Waals surface area contributed by atoms with Crippen LogP contribution in [0.2, 0.25) is 0 Å². The van der Waals surface area contributed by atoms with Crippen molar-refractivity contribution < 1.29 is 4.92 Å². The molecule has 0 unspecified atom stereocenters. The lowest BCUT2D eigenvalue weighted by molar-refractivity contribution is -0.384. The van der Waals surface area contributed by atoms with Gasteiger partial charge < -0.3 is 0 Å². The predicted octanol–water partition coefficient (Wildman–Crippen LogP) is 4.01. The lowest BCUT2D eigenvalue weighted by atomic mass is 10.3. The van der Waals surface area contributed by atoms with Crippen LogP contribution in [-0.4, -0.2) is 4.92 Å². The first-order valence-corrected chi connectivity index (χ1v) is 4.97. The Bertz CT molecular complexity index is 535. The lowest BCUT2D eigenvalue weighted by Gasteiger charge is -1.93. The zero-order chi connectivity index (χ0) is 12.1. The minimum atomic E-state index is -0.446. The molecule has 0 atom stereocenters. The van der Waals surface area contributed by atoms with E-state index in [1.807, 2.05) is 30.3 Å². The summed E-state index contributed by atoms with van der Waals surface area (Å²) in [4.78, 5) is 10.00. The Balaban J connectivity index is 2.14. The molecule has 0 bridgehead atoms. The zero-order valence-corrected chi connectivity index (χ0v) is 8.85. The van der Waals surface area contributed by atoms with Gasteiger partial charge in [0.05, 0.1) is 16.3 Å². The summed E-state index contributed by atoms with van der Waals surface area (Å²) in [6.07, 6.45) is 0. The van der Waals surface area contributed by atoms with E-state index in [-0.39, 0.29) is 5.69 Å². The van der Waals surface area contributed by atoms with Gasteiger partial charge in [0.2, 0.25) is 0 Å². The van der Waals surface area contributed by atoms with Crippen LogP contribution < -0.4 is 0 Å². The highest BCUT2D eigenvalue weighted by Crippen LogP contribution is 2.20. The van der Waals surface area contributed by atoms with Crippen molar-refractivity contribution >= 4 is 17.1 Å². The van der Waals surface area contributed by atoms with Gasteiger partial charge in [-0.3, -0.25) is 10.1 Å². The van der Waals surface area contributed by atoms with Crippen LogP contribution >= 0.6 is 0 Å². The van der Waals surface area contributed by atoms with E-state index >= 15 is 0 Å². The molecule has 0 aromatic heterocycles. The molecule has 0 radical (unpaired) electrons. The number of rotatable bonds is 3. The molecule has 17 heavy (non-hydrogen) atoms. The minimum absolute atomic E-state index is 0.0451. The minimum Gasteiger partial charge on any atom is -0.258 e. The molecule has 2 aromatic rings. The first-order valence-electron chi connectivity index (χ1n) is 4.97. The van der Waals surface area contributed by atoms with Crippen molar-refractivity contribution in [3.05, 3.63) is 64.7 Å². The van der Waals surface area contributed by atoms with E-state index in [2.05, 4.69) is 10.2 Å². The lowest BCUT2D eigenvalue weighted by Crippen LogP contribution is -1.85. The van der Waals surface area contributed by atoms with Crippen molar-refractivity contribution in [3.63, 3.8) is 0 Å². The number of hydrogen-bond donors (Lipinski definition) is 0. The number of hydrogen-bond acceptors (Lipinski definition) is 4. The topological polar surface area (TPSA) is 67.9 Å². The second-order valence-electron chi connectivity index (χ2n) is 3.31. The molecule has 0 fully saturated rings. The van der Waals surface area contributed by atoms with Crippen molar-refractivity contribution in [2.75, 3.05) is 0 Å². The second-order valence-corrected chi connectivity index (χ2v) is 3.31. The fraction of sp³-hybridized carbons (Fsp3) is 0. The Kier molecular flexibility index (Phi) is 3.20. The maximum absolute atomic E-state index is 10.4. The van der Waals surface area contributed by atoms with E-state index in [1.165, 1.54) is 12.1 Å². The molecule has 84 valence electrons. The Hall–Kier alpha value is -2.56. The molecule has 0 aliphatic heterocycles. The Labute approximate surface area is 97.6 Å². The van der Waals surface area contributed by atoms with Gasteiger partial charge in [-0.15, -0.1) is 0 Å². The molecule has 0 saturated carbocycles. The summed E-state index contributed by atoms with van der Waals surface area (Å²) >= 11 is 0. The van der Waals surface area contributed by atoms with Crippen LogP contribution in [0.15, 0.2) is 64.8 Å². The molecule has 0 amide bonds. The van der Waals surface area contributed by atoms with Gasteiger partial charge in [-0.05, 0) is 24.3 Å². The Morgan fingerprint density at radius 2 is 1.35 bits per heavy atom. The summed E-state index contributed by atoms with van der Waals surface area (Å²) in [7, 11) is 0. The van der Waals surface area contributed by atoms with Gasteiger partial charge in [-0.2, -0.15) is 10.2 Å². The second kappa shape index (κ2) is 4.98. The number of nitrogens with zero attached hydrogens (tertiary/aromatic N) is 3. The molecule has 2 rings (SSSR count). The van der Waals surface area contributed by atoms with Crippen molar-refractivity contribution in [3.8, 4) is 0 Å². The predicted molar refractivity (Wildman–Crippen MR) is 63.7 cm³/mol. The fourth-order valence-corrected chi connectivity index (χ4v) is 1.25. The summed E-state index contributed by atoms with van der Waals surface area (Å²) in [5.74, 6) is 0. The highest BCUT2D eigenvalue weighted by atomic mass is 16.6. The van der Waals surface area contributed by atoms with Gasteiger partial charge in [0.1, 0.15) is 0 Å². The van der Waals surface area contributed by atoms with Crippen molar-refractivity contribution in [2.24, 2.45) is 10.2 Å². The van der Waals surface area contributed by atoms with Crippen LogP contribution in [0.1, 0.15) is 0 Å². The normalized spacial score (nSPS) is 10.6. The summed E-state index contributed by atoms with van der Waals surface area (Å²) in [5, 5.41) is 18.4. The van der Waals surface area contributed by atoms with Gasteiger partial charge in [-0.1, -0.05) is 18.2 Å². The van der Waals surface area contributed by atoms with Gasteiger partial charge in [0, 0.05) is 12.1 Å². The Morgan fingerprint density at radius 3 is 1.88 bits per heavy atom. The molecule has 0 heterocycles. The van der Waals surface area contributed by atoms with Crippen molar-refractivity contribution in [1.29, 1.82) is 0 Å². The third-order valence-electron chi connectivity index (χ3n) is 2.10. The fourth-order valence-electron chi connectivity index (χ4n) is 1.25. The summed E-state index contributed by atoms with van der Waals surface area (Å²) in [6.45, 7) is 0. The van der Waals surface area contributed by atoms with E-state index in [0.29, 0.717) is 5.69 Å². The van der Waals surface area contributed by atoms with Gasteiger partial charge in [0.15, 0.2) is 0 Å². The largest absolute Gasteiger partial charge is 0.269 e. The van der Waals surface area contributed by atoms with E-state index in [0.717, 1.165) is 5.69 Å². The van der Waals surface area contributed by atoms with Crippen LogP contribution in [0.3, 0.4) is 0 Å². The molecule has 2 aromatic carbocycles. The third kappa shape index (κ3) is 2.94. The van der Waals surface area contributed by atoms with Crippen LogP contribution in [0.5, 0.6) is 0 Å².